The number of hydrazine groups is 1. The number of nitrogens with one attached hydrogen (secondary N) is 2. The van der Waals surface area contributed by atoms with Crippen molar-refractivity contribution in [3.05, 3.63) is 35.3 Å². The van der Waals surface area contributed by atoms with Gasteiger partial charge in [0.05, 0.1) is 23.6 Å². The lowest BCUT2D eigenvalue weighted by Gasteiger charge is -2.38. The van der Waals surface area contributed by atoms with Crippen LogP contribution in [0.25, 0.3) is 0 Å². The highest BCUT2D eigenvalue weighted by atomic mass is 32.1. The van der Waals surface area contributed by atoms with Gasteiger partial charge in [0.1, 0.15) is 5.01 Å². The molecule has 3 atom stereocenters. The highest BCUT2D eigenvalue weighted by Crippen LogP contribution is 2.32. The maximum absolute atomic E-state index is 13.1. The van der Waals surface area contributed by atoms with Crippen molar-refractivity contribution in [1.29, 1.82) is 0 Å². The smallest absolute Gasteiger partial charge is 0.247 e. The molecule has 2 aliphatic heterocycles. The Morgan fingerprint density at radius 1 is 1.29 bits per heavy atom. The van der Waals surface area contributed by atoms with E-state index >= 15 is 0 Å². The van der Waals surface area contributed by atoms with E-state index in [1.807, 2.05) is 37.3 Å². The molecule has 2 fully saturated rings. The van der Waals surface area contributed by atoms with Gasteiger partial charge in [-0.1, -0.05) is 36.5 Å². The number of aryl methyl sites for hydroxylation is 1. The van der Waals surface area contributed by atoms with E-state index in [4.69, 9.17) is 0 Å². The lowest BCUT2D eigenvalue weighted by atomic mass is 9.84. The number of piperidine rings is 1. The van der Waals surface area contributed by atoms with Crippen LogP contribution in [0.1, 0.15) is 18.4 Å². The first-order valence-corrected chi connectivity index (χ1v) is 10.4. The number of anilines is 2. The Morgan fingerprint density at radius 2 is 2.07 bits per heavy atom. The number of aromatic nitrogens is 2. The molecule has 2 aliphatic rings. The van der Waals surface area contributed by atoms with Gasteiger partial charge in [0.15, 0.2) is 0 Å². The number of benzene rings is 1. The third kappa shape index (κ3) is 3.65. The number of likely N-dealkylation sites (tertiary alicyclic amines) is 1. The third-order valence-electron chi connectivity index (χ3n) is 5.24. The minimum Gasteiger partial charge on any atom is -0.302 e. The van der Waals surface area contributed by atoms with Crippen molar-refractivity contribution in [3.63, 3.8) is 0 Å². The van der Waals surface area contributed by atoms with Gasteiger partial charge in [-0.25, -0.2) is 10.4 Å². The van der Waals surface area contributed by atoms with Gasteiger partial charge in [0, 0.05) is 13.1 Å². The molecule has 2 amide bonds. The van der Waals surface area contributed by atoms with Crippen LogP contribution in [0, 0.1) is 18.8 Å². The van der Waals surface area contributed by atoms with Gasteiger partial charge in [-0.3, -0.25) is 9.59 Å². The monoisotopic (exact) mass is 400 g/mol. The molecule has 0 spiro atoms. The molecule has 2 aromatic rings. The summed E-state index contributed by atoms with van der Waals surface area (Å²) in [6.07, 6.45) is 0.978. The second-order valence-electron chi connectivity index (χ2n) is 7.25. The normalized spacial score (nSPS) is 25.0. The first-order chi connectivity index (χ1) is 13.6. The molecule has 1 aromatic carbocycles. The number of amides is 2. The van der Waals surface area contributed by atoms with Crippen LogP contribution in [0.15, 0.2) is 30.3 Å². The zero-order valence-electron chi connectivity index (χ0n) is 16.0. The van der Waals surface area contributed by atoms with E-state index in [2.05, 4.69) is 32.8 Å². The van der Waals surface area contributed by atoms with Crippen molar-refractivity contribution in [2.75, 3.05) is 30.0 Å². The van der Waals surface area contributed by atoms with Crippen molar-refractivity contribution in [2.24, 2.45) is 11.8 Å². The molecule has 3 unspecified atom stereocenters. The fourth-order valence-electron chi connectivity index (χ4n) is 4.00. The Labute approximate surface area is 167 Å². The molecule has 8 nitrogen and oxygen atoms in total. The van der Waals surface area contributed by atoms with Crippen molar-refractivity contribution in [3.8, 4) is 0 Å². The fourth-order valence-corrected chi connectivity index (χ4v) is 4.59. The topological polar surface area (TPSA) is 90.5 Å². The summed E-state index contributed by atoms with van der Waals surface area (Å²) in [5, 5.41) is 13.7. The molecule has 4 rings (SSSR count). The van der Waals surface area contributed by atoms with Crippen molar-refractivity contribution in [2.45, 2.75) is 26.3 Å². The van der Waals surface area contributed by atoms with E-state index in [0.717, 1.165) is 23.7 Å². The van der Waals surface area contributed by atoms with E-state index in [9.17, 15) is 9.59 Å². The summed E-state index contributed by atoms with van der Waals surface area (Å²) in [6, 6.07) is 9.26. The molecular formula is C19H24N6O2S. The summed E-state index contributed by atoms with van der Waals surface area (Å²) < 4.78 is 0. The number of rotatable bonds is 5. The number of para-hydroxylation sites is 1. The highest BCUT2D eigenvalue weighted by Gasteiger charge is 2.50. The van der Waals surface area contributed by atoms with Gasteiger partial charge in [-0.15, -0.1) is 10.2 Å². The first-order valence-electron chi connectivity index (χ1n) is 9.55. The van der Waals surface area contributed by atoms with Crippen LogP contribution in [0.4, 0.5) is 10.8 Å². The Kier molecular flexibility index (Phi) is 5.38. The summed E-state index contributed by atoms with van der Waals surface area (Å²) in [7, 11) is 0. The Morgan fingerprint density at radius 3 is 2.75 bits per heavy atom. The maximum atomic E-state index is 13.1. The third-order valence-corrected chi connectivity index (χ3v) is 5.99. The lowest BCUT2D eigenvalue weighted by molar-refractivity contribution is -0.126. The minimum absolute atomic E-state index is 0.0153. The minimum atomic E-state index is -0.354. The van der Waals surface area contributed by atoms with E-state index < -0.39 is 0 Å². The molecule has 9 heteroatoms. The summed E-state index contributed by atoms with van der Waals surface area (Å²) >= 11 is 1.35. The molecule has 0 bridgehead atoms. The predicted molar refractivity (Wildman–Crippen MR) is 108 cm³/mol. The van der Waals surface area contributed by atoms with Crippen LogP contribution < -0.4 is 15.8 Å². The first kappa shape index (κ1) is 19.0. The van der Waals surface area contributed by atoms with Gasteiger partial charge in [0.2, 0.25) is 16.9 Å². The van der Waals surface area contributed by atoms with Gasteiger partial charge in [-0.05, 0) is 32.0 Å². The Hall–Kier alpha value is -2.36. The largest absolute Gasteiger partial charge is 0.302 e. The summed E-state index contributed by atoms with van der Waals surface area (Å²) in [6.45, 7) is 6.10. The molecule has 0 saturated carbocycles. The van der Waals surface area contributed by atoms with E-state index in [0.29, 0.717) is 18.2 Å². The molecule has 3 heterocycles. The molecule has 2 saturated heterocycles. The second kappa shape index (κ2) is 7.94. The predicted octanol–water partition coefficient (Wildman–Crippen LogP) is 1.66. The SMILES string of the molecule is CCCN1CC(C(=O)Nc2nnc(C)s2)C2NN(c3ccccc3)C(=O)C2C1. The van der Waals surface area contributed by atoms with E-state index in [-0.39, 0.29) is 29.7 Å². The molecule has 28 heavy (non-hydrogen) atoms. The lowest BCUT2D eigenvalue weighted by Crippen LogP contribution is -2.56. The quantitative estimate of drug-likeness (QED) is 0.793. The summed E-state index contributed by atoms with van der Waals surface area (Å²) in [4.78, 5) is 28.4. The Bertz CT molecular complexity index is 857. The average Bonchev–Trinajstić information content (AvgIpc) is 3.25. The number of carbonyl (C=O) groups excluding carboxylic acids is 2. The number of hydrogen-bond donors (Lipinski definition) is 2. The average molecular weight is 401 g/mol. The van der Waals surface area contributed by atoms with Crippen molar-refractivity contribution < 1.29 is 9.59 Å². The zero-order chi connectivity index (χ0) is 19.7. The highest BCUT2D eigenvalue weighted by molar-refractivity contribution is 7.15. The van der Waals surface area contributed by atoms with Gasteiger partial charge in [-0.2, -0.15) is 0 Å². The molecule has 0 aliphatic carbocycles. The van der Waals surface area contributed by atoms with Crippen LogP contribution in [0.2, 0.25) is 0 Å². The van der Waals surface area contributed by atoms with E-state index in [1.165, 1.54) is 11.3 Å². The van der Waals surface area contributed by atoms with Crippen molar-refractivity contribution >= 4 is 34.0 Å². The second-order valence-corrected chi connectivity index (χ2v) is 8.43. The van der Waals surface area contributed by atoms with Gasteiger partial charge < -0.3 is 10.2 Å². The summed E-state index contributed by atoms with van der Waals surface area (Å²) in [5.41, 5.74) is 4.10. The number of hydrogen-bond acceptors (Lipinski definition) is 7. The van der Waals surface area contributed by atoms with Crippen LogP contribution in [-0.4, -0.2) is 52.6 Å². The number of nitrogens with zero attached hydrogens (tertiary/aromatic N) is 4. The molecule has 0 radical (unpaired) electrons. The molecule has 1 aromatic heterocycles. The van der Waals surface area contributed by atoms with Gasteiger partial charge >= 0.3 is 0 Å². The van der Waals surface area contributed by atoms with Crippen LogP contribution in [0.3, 0.4) is 0 Å². The zero-order valence-corrected chi connectivity index (χ0v) is 16.8. The molecular weight excluding hydrogens is 376 g/mol. The van der Waals surface area contributed by atoms with Crippen LogP contribution in [-0.2, 0) is 9.59 Å². The van der Waals surface area contributed by atoms with Crippen LogP contribution >= 0.6 is 11.3 Å². The van der Waals surface area contributed by atoms with Crippen molar-refractivity contribution in [1.82, 2.24) is 20.5 Å². The summed E-state index contributed by atoms with van der Waals surface area (Å²) in [5.74, 6) is -0.719. The molecule has 148 valence electrons. The van der Waals surface area contributed by atoms with Gasteiger partial charge in [0.25, 0.3) is 0 Å². The standard InChI is InChI=1S/C19H24N6O2S/c1-3-9-24-10-14(17(26)20-19-22-21-12(2)28-19)16-15(11-24)18(27)25(23-16)13-7-5-4-6-8-13/h4-8,14-16,23H,3,9-11H2,1-2H3,(H,20,22,26). The van der Waals surface area contributed by atoms with Crippen LogP contribution in [0.5, 0.6) is 0 Å². The Balaban J connectivity index is 1.58. The fraction of sp³-hybridized carbons (Fsp3) is 0.474. The van der Waals surface area contributed by atoms with E-state index in [1.54, 1.807) is 5.01 Å². The number of fused-ring (bicyclic) bond motifs is 1. The number of carbonyl (C=O) groups is 2. The molecule has 2 N–H and O–H groups in total. The maximum Gasteiger partial charge on any atom is 0.247 e.